The fourth-order valence-corrected chi connectivity index (χ4v) is 4.60. The van der Waals surface area contributed by atoms with Crippen molar-refractivity contribution in [3.63, 3.8) is 0 Å². The highest BCUT2D eigenvalue weighted by Gasteiger charge is 2.22. The van der Waals surface area contributed by atoms with Crippen molar-refractivity contribution in [2.24, 2.45) is 0 Å². The van der Waals surface area contributed by atoms with Crippen LogP contribution in [-0.4, -0.2) is 63.7 Å². The molecule has 0 bridgehead atoms. The molecule has 5 nitrogen and oxygen atoms in total. The van der Waals surface area contributed by atoms with Crippen molar-refractivity contribution >= 4 is 10.9 Å². The predicted molar refractivity (Wildman–Crippen MR) is 134 cm³/mol. The molecule has 0 unspecified atom stereocenters. The van der Waals surface area contributed by atoms with E-state index in [2.05, 4.69) is 66.1 Å². The normalized spacial score (nSPS) is 12.5. The van der Waals surface area contributed by atoms with Crippen LogP contribution in [0.1, 0.15) is 5.56 Å². The van der Waals surface area contributed by atoms with E-state index in [1.807, 2.05) is 29.2 Å². The molecule has 0 aliphatic rings. The van der Waals surface area contributed by atoms with Gasteiger partial charge in [0.15, 0.2) is 0 Å². The van der Waals surface area contributed by atoms with E-state index < -0.39 is 6.10 Å². The van der Waals surface area contributed by atoms with Gasteiger partial charge in [-0.25, -0.2) is 0 Å². The van der Waals surface area contributed by atoms with Crippen LogP contribution in [0.4, 0.5) is 0 Å². The average molecular weight is 445 g/mol. The van der Waals surface area contributed by atoms with E-state index in [0.29, 0.717) is 26.2 Å². The lowest BCUT2D eigenvalue weighted by Gasteiger charge is -2.24. The van der Waals surface area contributed by atoms with E-state index >= 15 is 0 Å². The van der Waals surface area contributed by atoms with Gasteiger partial charge in [0.2, 0.25) is 0 Å². The number of fused-ring (bicyclic) bond motifs is 1. The molecule has 4 rings (SSSR count). The third-order valence-electron chi connectivity index (χ3n) is 6.02. The molecule has 3 N–H and O–H groups in total. The number of nitrogens with zero attached hydrogens (tertiary/aromatic N) is 2. The smallest absolute Gasteiger partial charge is 0.0846 e. The molecule has 0 saturated heterocycles. The van der Waals surface area contributed by atoms with Crippen molar-refractivity contribution in [1.29, 1.82) is 0 Å². The number of aliphatic hydroxyl groups is 3. The van der Waals surface area contributed by atoms with Crippen molar-refractivity contribution in [3.05, 3.63) is 84.4 Å². The van der Waals surface area contributed by atoms with E-state index in [9.17, 15) is 15.3 Å². The lowest BCUT2D eigenvalue weighted by atomic mass is 9.98. The second-order valence-electron chi connectivity index (χ2n) is 8.49. The Labute approximate surface area is 195 Å². The zero-order valence-corrected chi connectivity index (χ0v) is 19.1. The third kappa shape index (κ3) is 5.18. The summed E-state index contributed by atoms with van der Waals surface area (Å²) in [7, 11) is 0. The fraction of sp³-hybridized carbons (Fsp3) is 0.286. The first-order valence-electron chi connectivity index (χ1n) is 11.5. The van der Waals surface area contributed by atoms with Gasteiger partial charge in [-0.3, -0.25) is 4.90 Å². The number of aromatic nitrogens is 1. The van der Waals surface area contributed by atoms with Crippen molar-refractivity contribution in [1.82, 2.24) is 9.47 Å². The molecule has 0 radical (unpaired) electrons. The summed E-state index contributed by atoms with van der Waals surface area (Å²) >= 11 is 0. The van der Waals surface area contributed by atoms with Gasteiger partial charge in [-0.15, -0.1) is 0 Å². The van der Waals surface area contributed by atoms with E-state index in [4.69, 9.17) is 0 Å². The Morgan fingerprint density at radius 3 is 2.03 bits per heavy atom. The zero-order chi connectivity index (χ0) is 23.2. The van der Waals surface area contributed by atoms with E-state index in [-0.39, 0.29) is 13.2 Å². The minimum absolute atomic E-state index is 0.00807. The molecule has 172 valence electrons. The van der Waals surface area contributed by atoms with Crippen LogP contribution in [0.3, 0.4) is 0 Å². The molecule has 3 aromatic carbocycles. The van der Waals surface area contributed by atoms with Crippen LogP contribution in [0.5, 0.6) is 0 Å². The summed E-state index contributed by atoms with van der Waals surface area (Å²) < 4.78 is 2.22. The SMILES string of the molecule is Cc1ccc2c(c1)c(-c1ccccc1)c(-c1ccccc1)n2C[C@@H](O)CN(CCO)CCO. The van der Waals surface area contributed by atoms with Crippen LogP contribution < -0.4 is 0 Å². The molecule has 0 amide bonds. The Balaban J connectivity index is 1.87. The maximum absolute atomic E-state index is 11.1. The maximum atomic E-state index is 11.1. The van der Waals surface area contributed by atoms with Gasteiger partial charge in [0, 0.05) is 36.1 Å². The van der Waals surface area contributed by atoms with Crippen LogP contribution in [0.15, 0.2) is 78.9 Å². The Bertz CT molecular complexity index is 1170. The molecule has 1 heterocycles. The Morgan fingerprint density at radius 1 is 0.818 bits per heavy atom. The molecule has 0 fully saturated rings. The van der Waals surface area contributed by atoms with Gasteiger partial charge < -0.3 is 19.9 Å². The average Bonchev–Trinajstić information content (AvgIpc) is 3.13. The number of hydrogen-bond donors (Lipinski definition) is 3. The van der Waals surface area contributed by atoms with E-state index in [1.165, 1.54) is 5.56 Å². The summed E-state index contributed by atoms with van der Waals surface area (Å²) in [6.07, 6.45) is -0.661. The molecule has 0 aliphatic heterocycles. The number of benzene rings is 3. The van der Waals surface area contributed by atoms with Gasteiger partial charge in [-0.05, 0) is 30.2 Å². The predicted octanol–water partition coefficient (Wildman–Crippen LogP) is 3.93. The topological polar surface area (TPSA) is 68.9 Å². The molecule has 0 saturated carbocycles. The van der Waals surface area contributed by atoms with Crippen molar-refractivity contribution in [2.45, 2.75) is 19.6 Å². The molecular formula is C28H32N2O3. The molecule has 0 spiro atoms. The summed E-state index contributed by atoms with van der Waals surface area (Å²) in [5.41, 5.74) is 6.75. The van der Waals surface area contributed by atoms with Gasteiger partial charge in [0.1, 0.15) is 0 Å². The summed E-state index contributed by atoms with van der Waals surface area (Å²) in [4.78, 5) is 1.89. The highest BCUT2D eigenvalue weighted by molar-refractivity contribution is 6.04. The van der Waals surface area contributed by atoms with E-state index in [1.54, 1.807) is 0 Å². The first kappa shape index (κ1) is 23.2. The zero-order valence-electron chi connectivity index (χ0n) is 19.1. The van der Waals surface area contributed by atoms with Gasteiger partial charge in [-0.2, -0.15) is 0 Å². The summed E-state index contributed by atoms with van der Waals surface area (Å²) in [6, 6.07) is 27.2. The van der Waals surface area contributed by atoms with Gasteiger partial charge in [-0.1, -0.05) is 72.3 Å². The van der Waals surface area contributed by atoms with E-state index in [0.717, 1.165) is 33.3 Å². The van der Waals surface area contributed by atoms with Crippen molar-refractivity contribution < 1.29 is 15.3 Å². The molecule has 4 aromatic rings. The molecule has 1 atom stereocenters. The number of rotatable bonds is 10. The summed E-state index contributed by atoms with van der Waals surface area (Å²) in [5, 5.41) is 30.9. The van der Waals surface area contributed by atoms with Crippen LogP contribution in [0.25, 0.3) is 33.3 Å². The monoisotopic (exact) mass is 444 g/mol. The van der Waals surface area contributed by atoms with Crippen molar-refractivity contribution in [3.8, 4) is 22.4 Å². The maximum Gasteiger partial charge on any atom is 0.0846 e. The molecule has 1 aromatic heterocycles. The first-order chi connectivity index (χ1) is 16.1. The lowest BCUT2D eigenvalue weighted by Crippen LogP contribution is -2.38. The molecule has 33 heavy (non-hydrogen) atoms. The van der Waals surface area contributed by atoms with Crippen LogP contribution in [0.2, 0.25) is 0 Å². The fourth-order valence-electron chi connectivity index (χ4n) is 4.60. The number of hydrogen-bond acceptors (Lipinski definition) is 4. The van der Waals surface area contributed by atoms with Crippen molar-refractivity contribution in [2.75, 3.05) is 32.8 Å². The number of aryl methyl sites for hydroxylation is 1. The Hall–Kier alpha value is -2.96. The summed E-state index contributed by atoms with van der Waals surface area (Å²) in [5.74, 6) is 0. The second-order valence-corrected chi connectivity index (χ2v) is 8.49. The van der Waals surface area contributed by atoms with Gasteiger partial charge in [0.05, 0.1) is 31.6 Å². The highest BCUT2D eigenvalue weighted by atomic mass is 16.3. The third-order valence-corrected chi connectivity index (χ3v) is 6.02. The standard InChI is InChI=1S/C28H32N2O3/c1-21-12-13-26-25(18-21)27(22-8-4-2-5-9-22)28(23-10-6-3-7-11-23)30(26)20-24(33)19-29(14-16-31)15-17-32/h2-13,18,24,31-33H,14-17,19-20H2,1H3/t24-/m0/s1. The van der Waals surface area contributed by atoms with Crippen LogP contribution in [0, 0.1) is 6.92 Å². The minimum Gasteiger partial charge on any atom is -0.395 e. The minimum atomic E-state index is -0.661. The lowest BCUT2D eigenvalue weighted by molar-refractivity contribution is 0.0783. The number of aliphatic hydroxyl groups excluding tert-OH is 3. The first-order valence-corrected chi connectivity index (χ1v) is 11.5. The molecular weight excluding hydrogens is 412 g/mol. The molecule has 0 aliphatic carbocycles. The highest BCUT2D eigenvalue weighted by Crippen LogP contribution is 2.41. The van der Waals surface area contributed by atoms with Crippen LogP contribution >= 0.6 is 0 Å². The van der Waals surface area contributed by atoms with Crippen LogP contribution in [-0.2, 0) is 6.54 Å². The molecule has 5 heteroatoms. The largest absolute Gasteiger partial charge is 0.395 e. The Morgan fingerprint density at radius 2 is 1.42 bits per heavy atom. The summed E-state index contributed by atoms with van der Waals surface area (Å²) in [6.45, 7) is 3.71. The quantitative estimate of drug-likeness (QED) is 0.347. The second kappa shape index (κ2) is 10.8. The van der Waals surface area contributed by atoms with Gasteiger partial charge >= 0.3 is 0 Å². The Kier molecular flexibility index (Phi) is 7.57. The van der Waals surface area contributed by atoms with Gasteiger partial charge in [0.25, 0.3) is 0 Å².